The summed E-state index contributed by atoms with van der Waals surface area (Å²) in [7, 11) is 1.75. The Bertz CT molecular complexity index is 466. The van der Waals surface area contributed by atoms with E-state index in [1.165, 1.54) is 0 Å². The molecule has 0 bridgehead atoms. The number of carbonyl (C=O) groups excluding carboxylic acids is 1. The lowest BCUT2D eigenvalue weighted by Crippen LogP contribution is -2.39. The summed E-state index contributed by atoms with van der Waals surface area (Å²) < 4.78 is 0. The summed E-state index contributed by atoms with van der Waals surface area (Å²) >= 11 is 0. The van der Waals surface area contributed by atoms with E-state index < -0.39 is 0 Å². The number of nitrogens with one attached hydrogen (secondary N) is 1. The molecule has 1 aromatic carbocycles. The molecule has 2 amide bonds. The largest absolute Gasteiger partial charge is 0.384 e. The van der Waals surface area contributed by atoms with Crippen molar-refractivity contribution in [1.29, 1.82) is 5.41 Å². The number of carbonyl (C=O) groups is 1. The second kappa shape index (κ2) is 5.08. The van der Waals surface area contributed by atoms with E-state index in [0.29, 0.717) is 5.56 Å². The predicted molar refractivity (Wildman–Crippen MR) is 72.1 cm³/mol. The lowest BCUT2D eigenvalue weighted by atomic mass is 10.2. The Hall–Kier alpha value is -2.04. The van der Waals surface area contributed by atoms with Crippen LogP contribution in [0, 0.1) is 5.41 Å². The van der Waals surface area contributed by atoms with E-state index in [9.17, 15) is 4.79 Å². The van der Waals surface area contributed by atoms with E-state index in [0.717, 1.165) is 31.6 Å². The monoisotopic (exact) mass is 246 g/mol. The van der Waals surface area contributed by atoms with Crippen LogP contribution in [-0.4, -0.2) is 36.9 Å². The van der Waals surface area contributed by atoms with Crippen LogP contribution in [0.4, 0.5) is 10.5 Å². The average molecular weight is 246 g/mol. The zero-order valence-electron chi connectivity index (χ0n) is 10.5. The standard InChI is InChI=1S/C13H18N4O/c1-16(13(18)17-7-2-3-8-17)11-6-4-5-10(9-11)12(14)15/h4-6,9H,2-3,7-8H2,1H3,(H3,14,15). The minimum Gasteiger partial charge on any atom is -0.384 e. The van der Waals surface area contributed by atoms with Gasteiger partial charge in [0.15, 0.2) is 0 Å². The van der Waals surface area contributed by atoms with Crippen molar-refractivity contribution in [2.24, 2.45) is 5.73 Å². The highest BCUT2D eigenvalue weighted by Crippen LogP contribution is 2.18. The van der Waals surface area contributed by atoms with Crippen LogP contribution >= 0.6 is 0 Å². The van der Waals surface area contributed by atoms with E-state index in [2.05, 4.69) is 0 Å². The number of hydrogen-bond donors (Lipinski definition) is 2. The molecule has 1 fully saturated rings. The zero-order chi connectivity index (χ0) is 13.1. The first-order chi connectivity index (χ1) is 8.59. The maximum Gasteiger partial charge on any atom is 0.324 e. The normalized spacial score (nSPS) is 14.6. The molecule has 3 N–H and O–H groups in total. The van der Waals surface area contributed by atoms with E-state index in [4.69, 9.17) is 11.1 Å². The molecule has 96 valence electrons. The molecular formula is C13H18N4O. The minimum atomic E-state index is 0.00759. The number of amidine groups is 1. The third-order valence-corrected chi connectivity index (χ3v) is 3.21. The highest BCUT2D eigenvalue weighted by molar-refractivity contribution is 5.98. The fourth-order valence-corrected chi connectivity index (χ4v) is 2.11. The molecule has 0 radical (unpaired) electrons. The fourth-order valence-electron chi connectivity index (χ4n) is 2.11. The van der Waals surface area contributed by atoms with Gasteiger partial charge in [-0.25, -0.2) is 4.79 Å². The molecular weight excluding hydrogens is 228 g/mol. The van der Waals surface area contributed by atoms with E-state index >= 15 is 0 Å². The molecule has 0 saturated carbocycles. The van der Waals surface area contributed by atoms with Gasteiger partial charge in [-0.3, -0.25) is 10.3 Å². The second-order valence-corrected chi connectivity index (χ2v) is 4.50. The van der Waals surface area contributed by atoms with E-state index in [-0.39, 0.29) is 11.9 Å². The highest BCUT2D eigenvalue weighted by Gasteiger charge is 2.22. The molecule has 5 heteroatoms. The van der Waals surface area contributed by atoms with Gasteiger partial charge in [-0.1, -0.05) is 12.1 Å². The first-order valence-corrected chi connectivity index (χ1v) is 6.06. The molecule has 1 heterocycles. The molecule has 0 spiro atoms. The number of likely N-dealkylation sites (tertiary alicyclic amines) is 1. The lowest BCUT2D eigenvalue weighted by molar-refractivity contribution is 0.217. The van der Waals surface area contributed by atoms with Gasteiger partial charge in [0.1, 0.15) is 5.84 Å². The summed E-state index contributed by atoms with van der Waals surface area (Å²) in [5.41, 5.74) is 6.85. The second-order valence-electron chi connectivity index (χ2n) is 4.50. The lowest BCUT2D eigenvalue weighted by Gasteiger charge is -2.24. The molecule has 1 saturated heterocycles. The quantitative estimate of drug-likeness (QED) is 0.614. The Morgan fingerprint density at radius 1 is 1.39 bits per heavy atom. The number of urea groups is 1. The van der Waals surface area contributed by atoms with Gasteiger partial charge in [0, 0.05) is 31.4 Å². The molecule has 5 nitrogen and oxygen atoms in total. The highest BCUT2D eigenvalue weighted by atomic mass is 16.2. The summed E-state index contributed by atoms with van der Waals surface area (Å²) in [6, 6.07) is 7.18. The number of anilines is 1. The number of nitrogens with zero attached hydrogens (tertiary/aromatic N) is 2. The van der Waals surface area contributed by atoms with Crippen molar-refractivity contribution in [3.8, 4) is 0 Å². The number of rotatable bonds is 2. The molecule has 0 atom stereocenters. The number of nitrogens with two attached hydrogens (primary N) is 1. The van der Waals surface area contributed by atoms with Crippen LogP contribution in [-0.2, 0) is 0 Å². The van der Waals surface area contributed by atoms with Crippen LogP contribution in [0.5, 0.6) is 0 Å². The molecule has 1 aliphatic rings. The van der Waals surface area contributed by atoms with Gasteiger partial charge in [0.2, 0.25) is 0 Å². The molecule has 0 unspecified atom stereocenters. The van der Waals surface area contributed by atoms with Crippen LogP contribution in [0.3, 0.4) is 0 Å². The molecule has 0 aliphatic carbocycles. The van der Waals surface area contributed by atoms with Crippen LogP contribution < -0.4 is 10.6 Å². The molecule has 1 aliphatic heterocycles. The van der Waals surface area contributed by atoms with Crippen molar-refractivity contribution in [2.75, 3.05) is 25.0 Å². The SMILES string of the molecule is CN(C(=O)N1CCCC1)c1cccc(C(=N)N)c1. The summed E-state index contributed by atoms with van der Waals surface area (Å²) in [6.45, 7) is 1.66. The molecule has 1 aromatic rings. The Labute approximate surface area is 107 Å². The Morgan fingerprint density at radius 2 is 2.06 bits per heavy atom. The zero-order valence-corrected chi connectivity index (χ0v) is 10.5. The summed E-state index contributed by atoms with van der Waals surface area (Å²) in [5, 5.41) is 7.41. The van der Waals surface area contributed by atoms with Gasteiger partial charge >= 0.3 is 6.03 Å². The van der Waals surface area contributed by atoms with Gasteiger partial charge in [-0.2, -0.15) is 0 Å². The van der Waals surface area contributed by atoms with Crippen molar-refractivity contribution in [1.82, 2.24) is 4.90 Å². The molecule has 0 aromatic heterocycles. The van der Waals surface area contributed by atoms with Gasteiger partial charge in [0.25, 0.3) is 0 Å². The van der Waals surface area contributed by atoms with Crippen LogP contribution in [0.1, 0.15) is 18.4 Å². The van der Waals surface area contributed by atoms with Gasteiger partial charge in [-0.15, -0.1) is 0 Å². The third kappa shape index (κ3) is 2.45. The van der Waals surface area contributed by atoms with Gasteiger partial charge in [-0.05, 0) is 25.0 Å². The van der Waals surface area contributed by atoms with Crippen molar-refractivity contribution in [3.05, 3.63) is 29.8 Å². The van der Waals surface area contributed by atoms with Crippen LogP contribution in [0.15, 0.2) is 24.3 Å². The Balaban J connectivity index is 2.17. The predicted octanol–water partition coefficient (Wildman–Crippen LogP) is 1.62. The maximum absolute atomic E-state index is 12.2. The fraction of sp³-hybridized carbons (Fsp3) is 0.385. The number of nitrogen functional groups attached to an aromatic ring is 1. The van der Waals surface area contributed by atoms with Gasteiger partial charge in [0.05, 0.1) is 0 Å². The smallest absolute Gasteiger partial charge is 0.324 e. The van der Waals surface area contributed by atoms with Crippen molar-refractivity contribution < 1.29 is 4.79 Å². The summed E-state index contributed by atoms with van der Waals surface area (Å²) in [6.07, 6.45) is 2.15. The van der Waals surface area contributed by atoms with Crippen LogP contribution in [0.25, 0.3) is 0 Å². The average Bonchev–Trinajstić information content (AvgIpc) is 2.91. The number of amides is 2. The van der Waals surface area contributed by atoms with Crippen molar-refractivity contribution >= 4 is 17.6 Å². The Kier molecular flexibility index (Phi) is 3.50. The summed E-state index contributed by atoms with van der Waals surface area (Å²) in [5.74, 6) is 0.0128. The number of hydrogen-bond acceptors (Lipinski definition) is 2. The summed E-state index contributed by atoms with van der Waals surface area (Å²) in [4.78, 5) is 15.7. The maximum atomic E-state index is 12.2. The van der Waals surface area contributed by atoms with Crippen molar-refractivity contribution in [3.63, 3.8) is 0 Å². The molecule has 18 heavy (non-hydrogen) atoms. The number of benzene rings is 1. The molecule has 2 rings (SSSR count). The third-order valence-electron chi connectivity index (χ3n) is 3.21. The van der Waals surface area contributed by atoms with E-state index in [1.807, 2.05) is 11.0 Å². The van der Waals surface area contributed by atoms with E-state index in [1.54, 1.807) is 30.1 Å². The topological polar surface area (TPSA) is 73.4 Å². The van der Waals surface area contributed by atoms with Gasteiger partial charge < -0.3 is 10.6 Å². The van der Waals surface area contributed by atoms with Crippen LogP contribution in [0.2, 0.25) is 0 Å². The minimum absolute atomic E-state index is 0.00759. The van der Waals surface area contributed by atoms with Crippen molar-refractivity contribution in [2.45, 2.75) is 12.8 Å². The first-order valence-electron chi connectivity index (χ1n) is 6.06. The Morgan fingerprint density at radius 3 is 2.67 bits per heavy atom. The first kappa shape index (κ1) is 12.4.